The van der Waals surface area contributed by atoms with E-state index in [9.17, 15) is 31.9 Å². The highest BCUT2D eigenvalue weighted by atomic mass is 79.9. The summed E-state index contributed by atoms with van der Waals surface area (Å²) >= 11 is 3.26. The molecule has 0 radical (unpaired) electrons. The number of alkyl halides is 3. The summed E-state index contributed by atoms with van der Waals surface area (Å²) in [5.74, 6) is -3.45. The first-order valence-electron chi connectivity index (χ1n) is 10.8. The van der Waals surface area contributed by atoms with E-state index >= 15 is 0 Å². The molecule has 3 N–H and O–H groups in total. The van der Waals surface area contributed by atoms with Crippen LogP contribution in [0.2, 0.25) is 0 Å². The Morgan fingerprint density at radius 3 is 2.44 bits per heavy atom. The minimum Gasteiger partial charge on any atom is -0.493 e. The summed E-state index contributed by atoms with van der Waals surface area (Å²) in [6.07, 6.45) is -3.37. The number of methoxy groups -OCH3 is 1. The quantitative estimate of drug-likeness (QED) is 0.148. The van der Waals surface area contributed by atoms with Gasteiger partial charge in [0.25, 0.3) is 5.91 Å². The van der Waals surface area contributed by atoms with Crippen LogP contribution < -0.4 is 25.5 Å². The molecule has 0 saturated heterocycles. The van der Waals surface area contributed by atoms with Gasteiger partial charge < -0.3 is 20.1 Å². The zero-order valence-electron chi connectivity index (χ0n) is 19.9. The van der Waals surface area contributed by atoms with Gasteiger partial charge in [-0.1, -0.05) is 18.2 Å². The number of hydrogen-bond donors (Lipinski definition) is 3. The Balaban J connectivity index is 1.59. The molecule has 0 aliphatic heterocycles. The largest absolute Gasteiger partial charge is 0.493 e. The van der Waals surface area contributed by atoms with Gasteiger partial charge in [-0.2, -0.15) is 18.3 Å². The van der Waals surface area contributed by atoms with Crippen LogP contribution in [0.25, 0.3) is 0 Å². The molecule has 204 valence electrons. The van der Waals surface area contributed by atoms with Crippen molar-refractivity contribution in [2.24, 2.45) is 5.10 Å². The summed E-state index contributed by atoms with van der Waals surface area (Å²) in [5, 5.41) is 8.12. The normalized spacial score (nSPS) is 11.1. The average molecular weight is 611 g/mol. The van der Waals surface area contributed by atoms with Crippen LogP contribution in [-0.4, -0.2) is 37.7 Å². The van der Waals surface area contributed by atoms with Gasteiger partial charge in [0.15, 0.2) is 18.1 Å². The van der Waals surface area contributed by atoms with Crippen molar-refractivity contribution >= 4 is 51.2 Å². The van der Waals surface area contributed by atoms with E-state index in [2.05, 4.69) is 31.7 Å². The van der Waals surface area contributed by atoms with Gasteiger partial charge in [-0.15, -0.1) is 0 Å². The number of para-hydroxylation sites is 1. The number of halogens is 5. The second kappa shape index (κ2) is 12.9. The average Bonchev–Trinajstić information content (AvgIpc) is 2.88. The van der Waals surface area contributed by atoms with Crippen molar-refractivity contribution < 1.29 is 41.4 Å². The molecule has 0 bridgehead atoms. The second-order valence-corrected chi connectivity index (χ2v) is 8.44. The highest BCUT2D eigenvalue weighted by Gasteiger charge is 2.30. The predicted octanol–water partition coefficient (Wildman–Crippen LogP) is 4.72. The van der Waals surface area contributed by atoms with E-state index in [1.54, 1.807) is 0 Å². The van der Waals surface area contributed by atoms with Crippen LogP contribution in [0.5, 0.6) is 11.5 Å². The Bertz CT molecular complexity index is 1420. The number of rotatable bonds is 8. The van der Waals surface area contributed by atoms with Crippen LogP contribution in [0, 0.1) is 5.82 Å². The second-order valence-electron chi connectivity index (χ2n) is 7.58. The summed E-state index contributed by atoms with van der Waals surface area (Å²) in [6.45, 7) is -0.550. The van der Waals surface area contributed by atoms with Crippen LogP contribution in [-0.2, 0) is 20.6 Å². The standard InChI is InChI=1S/C25H19BrF4N4O5/c1-38-20-10-14(12-31-34-24(37)23(36)33-19-8-3-2-7-18(19)27)9-17(26)22(20)39-13-21(35)32-16-6-4-5-15(11-16)25(28,29)30/h2-12H,13H2,1H3,(H,32,35)(H,33,36)(H,34,37)/b31-12-. The van der Waals surface area contributed by atoms with Crippen LogP contribution in [0.3, 0.4) is 0 Å². The summed E-state index contributed by atoms with van der Waals surface area (Å²) in [6, 6.07) is 12.4. The Morgan fingerprint density at radius 1 is 1.00 bits per heavy atom. The number of nitrogens with zero attached hydrogens (tertiary/aromatic N) is 1. The molecule has 14 heteroatoms. The number of benzene rings is 3. The lowest BCUT2D eigenvalue weighted by Crippen LogP contribution is -2.32. The van der Waals surface area contributed by atoms with Crippen LogP contribution in [0.1, 0.15) is 11.1 Å². The third-order valence-electron chi connectivity index (χ3n) is 4.78. The fourth-order valence-electron chi connectivity index (χ4n) is 3.02. The topological polar surface area (TPSA) is 118 Å². The monoisotopic (exact) mass is 610 g/mol. The maximum Gasteiger partial charge on any atom is 0.416 e. The summed E-state index contributed by atoms with van der Waals surface area (Å²) in [4.78, 5) is 36.1. The van der Waals surface area contributed by atoms with Crippen molar-refractivity contribution in [3.8, 4) is 11.5 Å². The molecule has 0 spiro atoms. The third kappa shape index (κ3) is 8.26. The van der Waals surface area contributed by atoms with Gasteiger partial charge in [-0.25, -0.2) is 9.82 Å². The molecule has 9 nitrogen and oxygen atoms in total. The van der Waals surface area contributed by atoms with Gasteiger partial charge in [0.2, 0.25) is 0 Å². The van der Waals surface area contributed by atoms with Gasteiger partial charge in [0.05, 0.1) is 29.0 Å². The summed E-state index contributed by atoms with van der Waals surface area (Å²) in [7, 11) is 1.33. The number of hydrogen-bond acceptors (Lipinski definition) is 6. The summed E-state index contributed by atoms with van der Waals surface area (Å²) in [5.41, 5.74) is 1.25. The molecule has 0 unspecified atom stereocenters. The fraction of sp³-hybridized carbons (Fsp3) is 0.120. The van der Waals surface area contributed by atoms with E-state index in [0.29, 0.717) is 10.0 Å². The predicted molar refractivity (Wildman–Crippen MR) is 137 cm³/mol. The third-order valence-corrected chi connectivity index (χ3v) is 5.37. The summed E-state index contributed by atoms with van der Waals surface area (Å²) < 4.78 is 63.3. The molecule has 0 heterocycles. The fourth-order valence-corrected chi connectivity index (χ4v) is 3.59. The molecule has 3 aromatic carbocycles. The molecule has 0 aliphatic rings. The van der Waals surface area contributed by atoms with Crippen molar-refractivity contribution in [2.45, 2.75) is 6.18 Å². The Hall–Kier alpha value is -4.46. The molecule has 0 aliphatic carbocycles. The van der Waals surface area contributed by atoms with Gasteiger partial charge in [-0.3, -0.25) is 14.4 Å². The Kier molecular flexibility index (Phi) is 9.60. The van der Waals surface area contributed by atoms with E-state index in [-0.39, 0.29) is 22.9 Å². The van der Waals surface area contributed by atoms with Crippen molar-refractivity contribution in [2.75, 3.05) is 24.4 Å². The van der Waals surface area contributed by atoms with Gasteiger partial charge in [0.1, 0.15) is 5.82 Å². The molecule has 0 aromatic heterocycles. The van der Waals surface area contributed by atoms with Gasteiger partial charge in [0, 0.05) is 5.69 Å². The lowest BCUT2D eigenvalue weighted by Gasteiger charge is -2.14. The molecule has 39 heavy (non-hydrogen) atoms. The Morgan fingerprint density at radius 2 is 1.74 bits per heavy atom. The first-order valence-corrected chi connectivity index (χ1v) is 11.6. The number of nitrogens with one attached hydrogen (secondary N) is 3. The highest BCUT2D eigenvalue weighted by molar-refractivity contribution is 9.10. The molecule has 0 saturated carbocycles. The maximum atomic E-state index is 13.6. The van der Waals surface area contributed by atoms with Crippen molar-refractivity contribution in [1.82, 2.24) is 5.43 Å². The lowest BCUT2D eigenvalue weighted by atomic mass is 10.2. The molecular formula is C25H19BrF4N4O5. The minimum absolute atomic E-state index is 0.0550. The zero-order chi connectivity index (χ0) is 28.6. The first kappa shape index (κ1) is 29.1. The van der Waals surface area contributed by atoms with Crippen LogP contribution in [0.15, 0.2) is 70.2 Å². The highest BCUT2D eigenvalue weighted by Crippen LogP contribution is 2.36. The number of ether oxygens (including phenoxy) is 2. The maximum absolute atomic E-state index is 13.6. The molecule has 0 atom stereocenters. The minimum atomic E-state index is -4.56. The molecule has 0 fully saturated rings. The number of hydrazone groups is 1. The Labute approximate surface area is 227 Å². The molecular weight excluding hydrogens is 592 g/mol. The molecule has 3 rings (SSSR count). The van der Waals surface area contributed by atoms with Gasteiger partial charge in [-0.05, 0) is 64.0 Å². The van der Waals surface area contributed by atoms with Gasteiger partial charge >= 0.3 is 18.0 Å². The molecule has 3 amide bonds. The van der Waals surface area contributed by atoms with E-state index in [1.807, 2.05) is 5.43 Å². The van der Waals surface area contributed by atoms with Crippen LogP contribution in [0.4, 0.5) is 28.9 Å². The van der Waals surface area contributed by atoms with E-state index < -0.39 is 41.9 Å². The molecule has 3 aromatic rings. The van der Waals surface area contributed by atoms with E-state index in [1.165, 1.54) is 49.7 Å². The number of amides is 3. The van der Waals surface area contributed by atoms with Crippen molar-refractivity contribution in [1.29, 1.82) is 0 Å². The zero-order valence-corrected chi connectivity index (χ0v) is 21.5. The van der Waals surface area contributed by atoms with E-state index in [4.69, 9.17) is 9.47 Å². The number of carbonyl (C=O) groups excluding carboxylic acids is 3. The lowest BCUT2D eigenvalue weighted by molar-refractivity contribution is -0.137. The van der Waals surface area contributed by atoms with Crippen molar-refractivity contribution in [3.05, 3.63) is 82.1 Å². The van der Waals surface area contributed by atoms with E-state index in [0.717, 1.165) is 24.3 Å². The first-order chi connectivity index (χ1) is 18.5. The van der Waals surface area contributed by atoms with Crippen LogP contribution >= 0.6 is 15.9 Å². The number of anilines is 2. The van der Waals surface area contributed by atoms with Crippen molar-refractivity contribution in [3.63, 3.8) is 0 Å². The SMILES string of the molecule is COc1cc(/C=N\NC(=O)C(=O)Nc2ccccc2F)cc(Br)c1OCC(=O)Nc1cccc(C(F)(F)F)c1. The smallest absolute Gasteiger partial charge is 0.416 e. The number of carbonyl (C=O) groups is 3.